The maximum Gasteiger partial charge on any atom is 0.573 e. The lowest BCUT2D eigenvalue weighted by molar-refractivity contribution is -0.274. The molecule has 220 valence electrons. The number of hydrogen-bond donors (Lipinski definition) is 1. The standard InChI is InChI=1S/C31H30F3N3O4S/c1-19(2)25-16-7-20(3)17-26(25)37-28(39)18-42-30(37)36-29(40)35-23-12-8-21(9-13-23)5-4-6-27(38)22-10-14-24(15-11-22)41-31(32,33)34/h7-17,19H,4-6,18H2,1-3H3,(H,35,40). The summed E-state index contributed by atoms with van der Waals surface area (Å²) in [6, 6.07) is 17.3. The molecule has 42 heavy (non-hydrogen) atoms. The Hall–Kier alpha value is -4.12. The summed E-state index contributed by atoms with van der Waals surface area (Å²) in [7, 11) is 0. The van der Waals surface area contributed by atoms with Crippen molar-refractivity contribution < 1.29 is 32.3 Å². The molecule has 3 aromatic rings. The summed E-state index contributed by atoms with van der Waals surface area (Å²) in [5.41, 5.74) is 4.53. The smallest absolute Gasteiger partial charge is 0.406 e. The predicted octanol–water partition coefficient (Wildman–Crippen LogP) is 7.89. The Balaban J connectivity index is 1.32. The summed E-state index contributed by atoms with van der Waals surface area (Å²) < 4.78 is 40.7. The Morgan fingerprint density at radius 1 is 1.05 bits per heavy atom. The average Bonchev–Trinajstić information content (AvgIpc) is 3.28. The third kappa shape index (κ3) is 8.22. The van der Waals surface area contributed by atoms with Crippen LogP contribution in [0, 0.1) is 6.92 Å². The molecule has 0 bridgehead atoms. The van der Waals surface area contributed by atoms with Gasteiger partial charge in [0.1, 0.15) is 5.75 Å². The topological polar surface area (TPSA) is 88.1 Å². The largest absolute Gasteiger partial charge is 0.573 e. The number of amidine groups is 1. The summed E-state index contributed by atoms with van der Waals surface area (Å²) in [5, 5.41) is 3.06. The molecule has 0 unspecified atom stereocenters. The molecule has 0 saturated carbocycles. The minimum Gasteiger partial charge on any atom is -0.406 e. The Morgan fingerprint density at radius 2 is 1.74 bits per heavy atom. The van der Waals surface area contributed by atoms with Gasteiger partial charge in [-0.3, -0.25) is 14.5 Å². The van der Waals surface area contributed by atoms with Gasteiger partial charge in [0.15, 0.2) is 11.0 Å². The van der Waals surface area contributed by atoms with E-state index in [4.69, 9.17) is 0 Å². The first-order valence-corrected chi connectivity index (χ1v) is 14.3. The predicted molar refractivity (Wildman–Crippen MR) is 159 cm³/mol. The lowest BCUT2D eigenvalue weighted by Gasteiger charge is -2.22. The molecule has 3 amide bonds. The normalized spacial score (nSPS) is 14.5. The maximum atomic E-state index is 12.7. The van der Waals surface area contributed by atoms with Crippen LogP contribution in [0.15, 0.2) is 71.7 Å². The van der Waals surface area contributed by atoms with Crippen molar-refractivity contribution in [1.29, 1.82) is 0 Å². The van der Waals surface area contributed by atoms with Crippen molar-refractivity contribution in [3.63, 3.8) is 0 Å². The van der Waals surface area contributed by atoms with Crippen molar-refractivity contribution in [2.75, 3.05) is 16.0 Å². The fraction of sp³-hybridized carbons (Fsp3) is 0.290. The van der Waals surface area contributed by atoms with E-state index in [2.05, 4.69) is 15.0 Å². The third-order valence-corrected chi connectivity index (χ3v) is 7.42. The highest BCUT2D eigenvalue weighted by atomic mass is 32.2. The second-order valence-electron chi connectivity index (χ2n) is 10.1. The number of nitrogens with one attached hydrogen (secondary N) is 1. The van der Waals surface area contributed by atoms with Crippen LogP contribution in [0.1, 0.15) is 59.7 Å². The second-order valence-corrected chi connectivity index (χ2v) is 11.0. The number of amides is 3. The first kappa shape index (κ1) is 30.8. The van der Waals surface area contributed by atoms with Gasteiger partial charge in [-0.15, -0.1) is 13.2 Å². The van der Waals surface area contributed by atoms with Crippen LogP contribution < -0.4 is 15.0 Å². The molecular formula is C31H30F3N3O4S. The van der Waals surface area contributed by atoms with E-state index in [-0.39, 0.29) is 35.5 Å². The van der Waals surface area contributed by atoms with Crippen molar-refractivity contribution in [1.82, 2.24) is 0 Å². The van der Waals surface area contributed by atoms with Crippen LogP contribution in [0.5, 0.6) is 5.75 Å². The van der Waals surface area contributed by atoms with Crippen molar-refractivity contribution in [3.05, 3.63) is 89.0 Å². The molecule has 0 atom stereocenters. The summed E-state index contributed by atoms with van der Waals surface area (Å²) in [5.74, 6) is -0.308. The number of halogens is 3. The lowest BCUT2D eigenvalue weighted by atomic mass is 9.99. The van der Waals surface area contributed by atoms with E-state index in [1.165, 1.54) is 28.8 Å². The highest BCUT2D eigenvalue weighted by Gasteiger charge is 2.33. The minimum absolute atomic E-state index is 0.130. The molecule has 1 aliphatic heterocycles. The number of aryl methyl sites for hydroxylation is 2. The van der Waals surface area contributed by atoms with Gasteiger partial charge in [-0.25, -0.2) is 4.79 Å². The van der Waals surface area contributed by atoms with Gasteiger partial charge in [-0.2, -0.15) is 4.99 Å². The third-order valence-electron chi connectivity index (χ3n) is 6.50. The van der Waals surface area contributed by atoms with Crippen molar-refractivity contribution in [2.24, 2.45) is 4.99 Å². The average molecular weight is 598 g/mol. The van der Waals surface area contributed by atoms with Crippen molar-refractivity contribution in [2.45, 2.75) is 52.3 Å². The number of benzene rings is 3. The van der Waals surface area contributed by atoms with E-state index in [1.807, 2.05) is 51.1 Å². The molecule has 0 radical (unpaired) electrons. The van der Waals surface area contributed by atoms with Gasteiger partial charge in [0.25, 0.3) is 0 Å². The highest BCUT2D eigenvalue weighted by Crippen LogP contribution is 2.34. The maximum absolute atomic E-state index is 12.7. The summed E-state index contributed by atoms with van der Waals surface area (Å²) >= 11 is 1.22. The number of thioether (sulfide) groups is 1. The number of alkyl halides is 3. The van der Waals surface area contributed by atoms with Gasteiger partial charge in [-0.1, -0.05) is 49.9 Å². The van der Waals surface area contributed by atoms with Crippen LogP contribution in [0.3, 0.4) is 0 Å². The number of anilines is 2. The van der Waals surface area contributed by atoms with Crippen LogP contribution in [-0.4, -0.2) is 35.0 Å². The van der Waals surface area contributed by atoms with Gasteiger partial charge in [-0.05, 0) is 84.8 Å². The monoisotopic (exact) mass is 597 g/mol. The van der Waals surface area contributed by atoms with Gasteiger partial charge in [0.2, 0.25) is 5.91 Å². The van der Waals surface area contributed by atoms with E-state index < -0.39 is 12.4 Å². The second kappa shape index (κ2) is 13.2. The van der Waals surface area contributed by atoms with Gasteiger partial charge in [0.05, 0.1) is 11.4 Å². The van der Waals surface area contributed by atoms with Crippen LogP contribution in [-0.2, 0) is 11.2 Å². The van der Waals surface area contributed by atoms with E-state index >= 15 is 0 Å². The molecule has 7 nitrogen and oxygen atoms in total. The number of carbonyl (C=O) groups is 3. The number of ether oxygens (including phenoxy) is 1. The molecule has 1 saturated heterocycles. The molecule has 4 rings (SSSR count). The van der Waals surface area contributed by atoms with Crippen LogP contribution in [0.4, 0.5) is 29.3 Å². The zero-order chi connectivity index (χ0) is 30.4. The number of urea groups is 1. The van der Waals surface area contributed by atoms with E-state index in [0.29, 0.717) is 29.3 Å². The van der Waals surface area contributed by atoms with E-state index in [0.717, 1.165) is 34.5 Å². The van der Waals surface area contributed by atoms with Crippen LogP contribution in [0.2, 0.25) is 0 Å². The van der Waals surface area contributed by atoms with Gasteiger partial charge in [0, 0.05) is 17.7 Å². The van der Waals surface area contributed by atoms with Crippen molar-refractivity contribution >= 4 is 46.0 Å². The number of Topliss-reactive ketones (excluding diaryl/α,β-unsaturated/α-hetero) is 1. The Kier molecular flexibility index (Phi) is 9.72. The molecule has 0 aromatic heterocycles. The number of rotatable bonds is 9. The molecule has 11 heteroatoms. The van der Waals surface area contributed by atoms with Crippen molar-refractivity contribution in [3.8, 4) is 5.75 Å². The fourth-order valence-corrected chi connectivity index (χ4v) is 5.31. The fourth-order valence-electron chi connectivity index (χ4n) is 4.45. The van der Waals surface area contributed by atoms with Gasteiger partial charge < -0.3 is 10.1 Å². The zero-order valence-electron chi connectivity index (χ0n) is 23.3. The highest BCUT2D eigenvalue weighted by molar-refractivity contribution is 8.15. The Morgan fingerprint density at radius 3 is 2.38 bits per heavy atom. The quantitative estimate of drug-likeness (QED) is 0.254. The molecular weight excluding hydrogens is 567 g/mol. The Bertz CT molecular complexity index is 1490. The summed E-state index contributed by atoms with van der Waals surface area (Å²) in [4.78, 5) is 43.6. The molecule has 3 aromatic carbocycles. The molecule has 0 aliphatic carbocycles. The number of nitrogens with zero attached hydrogens (tertiary/aromatic N) is 2. The Labute approximate surface area is 246 Å². The zero-order valence-corrected chi connectivity index (χ0v) is 24.1. The number of ketones is 1. The lowest BCUT2D eigenvalue weighted by Crippen LogP contribution is -2.31. The number of aliphatic imine (C=N–C) groups is 1. The molecule has 1 N–H and O–H groups in total. The van der Waals surface area contributed by atoms with Crippen LogP contribution >= 0.6 is 11.8 Å². The minimum atomic E-state index is -4.78. The molecule has 1 aliphatic rings. The summed E-state index contributed by atoms with van der Waals surface area (Å²) in [6.07, 6.45) is -3.42. The van der Waals surface area contributed by atoms with E-state index in [9.17, 15) is 27.6 Å². The molecule has 1 heterocycles. The first-order chi connectivity index (χ1) is 19.9. The van der Waals surface area contributed by atoms with Crippen LogP contribution in [0.25, 0.3) is 0 Å². The van der Waals surface area contributed by atoms with E-state index in [1.54, 1.807) is 12.1 Å². The van der Waals surface area contributed by atoms with Gasteiger partial charge >= 0.3 is 12.4 Å². The number of hydrogen-bond acceptors (Lipinski definition) is 5. The SMILES string of the molecule is Cc1ccc(C(C)C)c(N2C(=O)CSC2=NC(=O)Nc2ccc(CCCC(=O)c3ccc(OC(F)(F)F)cc3)cc2)c1. The summed E-state index contributed by atoms with van der Waals surface area (Å²) in [6.45, 7) is 6.04. The molecule has 1 fully saturated rings. The number of carbonyl (C=O) groups excluding carboxylic acids is 3. The first-order valence-electron chi connectivity index (χ1n) is 13.3. The molecule has 0 spiro atoms.